The number of benzene rings is 1. The van der Waals surface area contributed by atoms with Crippen LogP contribution in [0, 0.1) is 5.82 Å². The molecule has 2 fully saturated rings. The molecule has 1 aromatic carbocycles. The van der Waals surface area contributed by atoms with E-state index in [1.165, 1.54) is 23.5 Å². The molecular formula is C26H28F4N6O3S. The van der Waals surface area contributed by atoms with E-state index in [0.29, 0.717) is 68.5 Å². The number of nitrogens with zero attached hydrogens (tertiary/aromatic N) is 4. The predicted octanol–water partition coefficient (Wildman–Crippen LogP) is 3.89. The van der Waals surface area contributed by atoms with E-state index in [2.05, 4.69) is 20.2 Å². The molecule has 2 aliphatic rings. The average molecular weight is 581 g/mol. The van der Waals surface area contributed by atoms with Crippen LogP contribution >= 0.6 is 11.3 Å². The van der Waals surface area contributed by atoms with Crippen molar-refractivity contribution in [2.75, 3.05) is 68.1 Å². The van der Waals surface area contributed by atoms with Gasteiger partial charge < -0.3 is 29.7 Å². The molecule has 2 saturated heterocycles. The van der Waals surface area contributed by atoms with Gasteiger partial charge in [0, 0.05) is 62.0 Å². The number of likely N-dealkylation sites (N-methyl/N-ethyl adjacent to an activating group) is 1. The van der Waals surface area contributed by atoms with Crippen LogP contribution in [-0.2, 0) is 10.9 Å². The minimum atomic E-state index is -4.93. The minimum absolute atomic E-state index is 0.106. The smallest absolute Gasteiger partial charge is 0.378 e. The largest absolute Gasteiger partial charge is 0.417 e. The van der Waals surface area contributed by atoms with E-state index < -0.39 is 34.6 Å². The van der Waals surface area contributed by atoms with Gasteiger partial charge in [-0.15, -0.1) is 11.3 Å². The average Bonchev–Trinajstić information content (AvgIpc) is 3.41. The predicted molar refractivity (Wildman–Crippen MR) is 145 cm³/mol. The molecule has 2 aliphatic heterocycles. The zero-order valence-electron chi connectivity index (χ0n) is 21.8. The number of hydrogen-bond acceptors (Lipinski definition) is 8. The Hall–Kier alpha value is -3.49. The number of morpholine rings is 1. The van der Waals surface area contributed by atoms with Crippen molar-refractivity contribution in [3.8, 4) is 11.3 Å². The van der Waals surface area contributed by atoms with Crippen molar-refractivity contribution in [1.29, 1.82) is 0 Å². The van der Waals surface area contributed by atoms with Crippen molar-refractivity contribution < 1.29 is 27.1 Å². The van der Waals surface area contributed by atoms with Crippen LogP contribution in [0.2, 0.25) is 0 Å². The number of carbonyl (C=O) groups excluding carboxylic acids is 1. The van der Waals surface area contributed by atoms with Crippen molar-refractivity contribution in [1.82, 2.24) is 14.9 Å². The molecule has 0 unspecified atom stereocenters. The van der Waals surface area contributed by atoms with Gasteiger partial charge in [-0.2, -0.15) is 13.2 Å². The topological polar surface area (TPSA) is 93.8 Å². The van der Waals surface area contributed by atoms with Crippen LogP contribution < -0.4 is 20.7 Å². The van der Waals surface area contributed by atoms with Gasteiger partial charge in [-0.25, -0.2) is 9.37 Å². The first kappa shape index (κ1) is 28.1. The molecule has 1 atom stereocenters. The van der Waals surface area contributed by atoms with Crippen LogP contribution in [-0.4, -0.2) is 79.8 Å². The number of halogens is 4. The lowest BCUT2D eigenvalue weighted by Gasteiger charge is -2.39. The van der Waals surface area contributed by atoms with E-state index >= 15 is 4.39 Å². The Morgan fingerprint density at radius 2 is 1.90 bits per heavy atom. The number of piperazine rings is 1. The van der Waals surface area contributed by atoms with Crippen molar-refractivity contribution in [3.63, 3.8) is 0 Å². The standard InChI is InChI=1S/C26H28F4N6O3S/c1-15-13-36(4-3-34(15)2)22-11-19(27)16(21-14-40-25(33-21)35-5-7-39-8-6-35)9-20(22)32-24(38)17-12-31-23(37)10-18(17)26(28,29)30/h9-12,14-15H,3-8,13H2,1-2H3,(H,31,37)(H,32,38)/t15-/m1/s1. The van der Waals surface area contributed by atoms with Gasteiger partial charge in [0.15, 0.2) is 5.13 Å². The maximum atomic E-state index is 15.6. The van der Waals surface area contributed by atoms with Crippen LogP contribution in [0.3, 0.4) is 0 Å². The molecule has 0 spiro atoms. The molecule has 14 heteroatoms. The molecule has 0 aliphatic carbocycles. The number of amides is 1. The summed E-state index contributed by atoms with van der Waals surface area (Å²) in [7, 11) is 1.97. The highest BCUT2D eigenvalue weighted by molar-refractivity contribution is 7.14. The third-order valence-electron chi connectivity index (χ3n) is 7.16. The number of alkyl halides is 3. The van der Waals surface area contributed by atoms with Crippen LogP contribution in [0.25, 0.3) is 11.3 Å². The lowest BCUT2D eigenvalue weighted by Crippen LogP contribution is -2.50. The molecule has 0 saturated carbocycles. The van der Waals surface area contributed by atoms with Crippen molar-refractivity contribution >= 4 is 33.8 Å². The summed E-state index contributed by atoms with van der Waals surface area (Å²) in [6.07, 6.45) is -4.20. The second-order valence-corrected chi connectivity index (χ2v) is 10.7. The molecule has 0 bridgehead atoms. The molecule has 1 amide bonds. The summed E-state index contributed by atoms with van der Waals surface area (Å²) in [5.74, 6) is -1.66. The van der Waals surface area contributed by atoms with Gasteiger partial charge in [0.05, 0.1) is 41.4 Å². The molecule has 2 aromatic heterocycles. The second kappa shape index (κ2) is 11.2. The van der Waals surface area contributed by atoms with E-state index in [-0.39, 0.29) is 17.3 Å². The molecule has 214 valence electrons. The molecule has 9 nitrogen and oxygen atoms in total. The number of thiazole rings is 1. The number of rotatable bonds is 5. The van der Waals surface area contributed by atoms with E-state index in [1.54, 1.807) is 5.38 Å². The van der Waals surface area contributed by atoms with Gasteiger partial charge >= 0.3 is 6.18 Å². The van der Waals surface area contributed by atoms with Crippen LogP contribution in [0.5, 0.6) is 0 Å². The maximum Gasteiger partial charge on any atom is 0.417 e. The fraction of sp³-hybridized carbons (Fsp3) is 0.423. The molecular weight excluding hydrogens is 552 g/mol. The number of aromatic nitrogens is 2. The fourth-order valence-electron chi connectivity index (χ4n) is 4.76. The Labute approximate surface area is 231 Å². The van der Waals surface area contributed by atoms with E-state index in [1.807, 2.05) is 23.8 Å². The zero-order chi connectivity index (χ0) is 28.6. The Bertz CT molecular complexity index is 1450. The Morgan fingerprint density at radius 1 is 1.15 bits per heavy atom. The summed E-state index contributed by atoms with van der Waals surface area (Å²) in [5, 5.41) is 4.96. The monoisotopic (exact) mass is 580 g/mol. The summed E-state index contributed by atoms with van der Waals surface area (Å²) in [5.41, 5.74) is -2.17. The molecule has 4 heterocycles. The van der Waals surface area contributed by atoms with Gasteiger partial charge in [0.25, 0.3) is 5.91 Å². The number of carbonyl (C=O) groups is 1. The highest BCUT2D eigenvalue weighted by Gasteiger charge is 2.36. The normalized spacial score (nSPS) is 18.7. The highest BCUT2D eigenvalue weighted by atomic mass is 32.1. The number of aromatic amines is 1. The number of pyridine rings is 1. The fourth-order valence-corrected chi connectivity index (χ4v) is 5.64. The SMILES string of the molecule is C[C@@H]1CN(c2cc(F)c(-c3csc(N4CCOCC4)n3)cc2NC(=O)c2c[nH]c(=O)cc2C(F)(F)F)CCN1C. The number of ether oxygens (including phenoxy) is 1. The maximum absolute atomic E-state index is 15.6. The lowest BCUT2D eigenvalue weighted by molar-refractivity contribution is -0.138. The third-order valence-corrected chi connectivity index (χ3v) is 8.06. The van der Waals surface area contributed by atoms with Crippen molar-refractivity contribution in [3.05, 3.63) is 57.1 Å². The first-order chi connectivity index (χ1) is 19.0. The Balaban J connectivity index is 1.54. The minimum Gasteiger partial charge on any atom is -0.378 e. The summed E-state index contributed by atoms with van der Waals surface area (Å²) >= 11 is 1.35. The van der Waals surface area contributed by atoms with Gasteiger partial charge in [0.1, 0.15) is 5.82 Å². The Morgan fingerprint density at radius 3 is 2.60 bits per heavy atom. The molecule has 3 aromatic rings. The number of hydrogen-bond donors (Lipinski definition) is 2. The third kappa shape index (κ3) is 5.83. The van der Waals surface area contributed by atoms with Gasteiger partial charge in [0.2, 0.25) is 5.56 Å². The molecule has 5 rings (SSSR count). The highest BCUT2D eigenvalue weighted by Crippen LogP contribution is 2.38. The number of H-pyrrole nitrogens is 1. The van der Waals surface area contributed by atoms with Crippen LogP contribution in [0.15, 0.2) is 34.6 Å². The first-order valence-corrected chi connectivity index (χ1v) is 13.6. The zero-order valence-corrected chi connectivity index (χ0v) is 22.7. The van der Waals surface area contributed by atoms with E-state index in [4.69, 9.17) is 4.74 Å². The Kier molecular flexibility index (Phi) is 7.84. The number of anilines is 3. The number of nitrogens with one attached hydrogen (secondary N) is 2. The molecule has 2 N–H and O–H groups in total. The van der Waals surface area contributed by atoms with Crippen LogP contribution in [0.4, 0.5) is 34.1 Å². The quantitative estimate of drug-likeness (QED) is 0.443. The lowest BCUT2D eigenvalue weighted by atomic mass is 10.1. The van der Waals surface area contributed by atoms with Crippen molar-refractivity contribution in [2.45, 2.75) is 19.1 Å². The van der Waals surface area contributed by atoms with E-state index in [9.17, 15) is 22.8 Å². The summed E-state index contributed by atoms with van der Waals surface area (Å²) < 4.78 is 62.0. The van der Waals surface area contributed by atoms with Crippen molar-refractivity contribution in [2.24, 2.45) is 0 Å². The molecule has 40 heavy (non-hydrogen) atoms. The van der Waals surface area contributed by atoms with Crippen LogP contribution in [0.1, 0.15) is 22.8 Å². The van der Waals surface area contributed by atoms with Gasteiger partial charge in [-0.1, -0.05) is 0 Å². The van der Waals surface area contributed by atoms with E-state index in [0.717, 1.165) is 6.20 Å². The summed E-state index contributed by atoms with van der Waals surface area (Å²) in [4.78, 5) is 37.6. The first-order valence-electron chi connectivity index (χ1n) is 12.7. The molecule has 0 radical (unpaired) electrons. The summed E-state index contributed by atoms with van der Waals surface area (Å²) in [6, 6.07) is 3.15. The summed E-state index contributed by atoms with van der Waals surface area (Å²) in [6.45, 7) is 6.13. The van der Waals surface area contributed by atoms with Gasteiger partial charge in [-0.05, 0) is 26.1 Å². The second-order valence-electron chi connectivity index (χ2n) is 9.82. The van der Waals surface area contributed by atoms with Gasteiger partial charge in [-0.3, -0.25) is 9.59 Å².